The average Bonchev–Trinajstić information content (AvgIpc) is 3.15. The van der Waals surface area contributed by atoms with Crippen molar-refractivity contribution in [3.8, 4) is 5.75 Å². The SMILES string of the molecule is CCn1c(SCC(=O)Nc2c(C)cccc2C)nnc1C(C)Oc1cc(Cl)ccc1Cl. The van der Waals surface area contributed by atoms with E-state index in [0.29, 0.717) is 33.3 Å². The van der Waals surface area contributed by atoms with Crippen LogP contribution >= 0.6 is 35.0 Å². The summed E-state index contributed by atoms with van der Waals surface area (Å²) < 4.78 is 7.90. The molecule has 0 fully saturated rings. The van der Waals surface area contributed by atoms with E-state index in [1.807, 2.05) is 50.5 Å². The van der Waals surface area contributed by atoms with E-state index in [1.54, 1.807) is 18.2 Å². The number of halogens is 2. The molecule has 1 atom stereocenters. The van der Waals surface area contributed by atoms with Gasteiger partial charge >= 0.3 is 0 Å². The summed E-state index contributed by atoms with van der Waals surface area (Å²) >= 11 is 13.6. The zero-order valence-corrected chi connectivity index (χ0v) is 20.1. The molecule has 1 N–H and O–H groups in total. The van der Waals surface area contributed by atoms with Crippen LogP contribution in [0.2, 0.25) is 10.0 Å². The monoisotopic (exact) mass is 478 g/mol. The standard InChI is InChI=1S/C22H24Cl2N4O2S/c1-5-28-21(15(4)30-18-11-16(23)9-10-17(18)24)26-27-22(28)31-12-19(29)25-20-13(2)7-6-8-14(20)3/h6-11,15H,5,12H2,1-4H3,(H,25,29). The minimum absolute atomic E-state index is 0.0930. The maximum absolute atomic E-state index is 12.5. The zero-order valence-electron chi connectivity index (χ0n) is 17.8. The molecule has 0 aliphatic rings. The van der Waals surface area contributed by atoms with E-state index in [1.165, 1.54) is 11.8 Å². The summed E-state index contributed by atoms with van der Waals surface area (Å²) in [5.74, 6) is 1.26. The van der Waals surface area contributed by atoms with Crippen LogP contribution in [-0.4, -0.2) is 26.4 Å². The zero-order chi connectivity index (χ0) is 22.5. The molecule has 1 heterocycles. The number of nitrogens with zero attached hydrogens (tertiary/aromatic N) is 3. The first kappa shape index (κ1) is 23.4. The summed E-state index contributed by atoms with van der Waals surface area (Å²) in [6.45, 7) is 8.45. The second-order valence-electron chi connectivity index (χ2n) is 7.02. The largest absolute Gasteiger partial charge is 0.481 e. The summed E-state index contributed by atoms with van der Waals surface area (Å²) in [4.78, 5) is 12.5. The molecule has 1 unspecified atom stereocenters. The quantitative estimate of drug-likeness (QED) is 0.396. The van der Waals surface area contributed by atoms with E-state index in [0.717, 1.165) is 16.8 Å². The Morgan fingerprint density at radius 3 is 2.58 bits per heavy atom. The molecule has 1 aromatic heterocycles. The van der Waals surface area contributed by atoms with Crippen molar-refractivity contribution in [1.29, 1.82) is 0 Å². The molecular formula is C22H24Cl2N4O2S. The second-order valence-corrected chi connectivity index (χ2v) is 8.81. The van der Waals surface area contributed by atoms with Crippen LogP contribution in [0.5, 0.6) is 5.75 Å². The van der Waals surface area contributed by atoms with Gasteiger partial charge in [0.2, 0.25) is 5.91 Å². The summed E-state index contributed by atoms with van der Waals surface area (Å²) in [6, 6.07) is 11.0. The fourth-order valence-electron chi connectivity index (χ4n) is 3.13. The molecule has 9 heteroatoms. The third kappa shape index (κ3) is 5.73. The van der Waals surface area contributed by atoms with Gasteiger partial charge in [0.15, 0.2) is 17.1 Å². The summed E-state index contributed by atoms with van der Waals surface area (Å²) in [5.41, 5.74) is 2.91. The van der Waals surface area contributed by atoms with Crippen molar-refractivity contribution >= 4 is 46.6 Å². The van der Waals surface area contributed by atoms with E-state index in [9.17, 15) is 4.79 Å². The lowest BCUT2D eigenvalue weighted by Gasteiger charge is -2.16. The molecule has 0 saturated carbocycles. The van der Waals surface area contributed by atoms with Crippen LogP contribution in [0.15, 0.2) is 41.6 Å². The first-order valence-corrected chi connectivity index (χ1v) is 11.6. The van der Waals surface area contributed by atoms with Gasteiger partial charge in [0.1, 0.15) is 5.75 Å². The molecule has 3 aromatic rings. The molecule has 6 nitrogen and oxygen atoms in total. The predicted octanol–water partition coefficient (Wildman–Crippen LogP) is 6.09. The van der Waals surface area contributed by atoms with Crippen molar-refractivity contribution < 1.29 is 9.53 Å². The number of para-hydroxylation sites is 1. The molecule has 0 spiro atoms. The highest BCUT2D eigenvalue weighted by atomic mass is 35.5. The van der Waals surface area contributed by atoms with Crippen molar-refractivity contribution in [2.45, 2.75) is 45.5 Å². The van der Waals surface area contributed by atoms with Crippen molar-refractivity contribution in [3.63, 3.8) is 0 Å². The maximum Gasteiger partial charge on any atom is 0.234 e. The van der Waals surface area contributed by atoms with E-state index < -0.39 is 6.10 Å². The predicted molar refractivity (Wildman–Crippen MR) is 126 cm³/mol. The van der Waals surface area contributed by atoms with Crippen LogP contribution in [-0.2, 0) is 11.3 Å². The highest BCUT2D eigenvalue weighted by Gasteiger charge is 2.20. The van der Waals surface area contributed by atoms with Crippen LogP contribution in [0.3, 0.4) is 0 Å². The van der Waals surface area contributed by atoms with Gasteiger partial charge in [-0.3, -0.25) is 4.79 Å². The van der Waals surface area contributed by atoms with E-state index >= 15 is 0 Å². The average molecular weight is 479 g/mol. The normalized spacial score (nSPS) is 11.9. The molecule has 1 amide bonds. The topological polar surface area (TPSA) is 69.0 Å². The van der Waals surface area contributed by atoms with Gasteiger partial charge in [0, 0.05) is 23.3 Å². The van der Waals surface area contributed by atoms with Crippen LogP contribution in [0, 0.1) is 13.8 Å². The fraction of sp³-hybridized carbons (Fsp3) is 0.318. The van der Waals surface area contributed by atoms with Crippen molar-refractivity contribution in [2.75, 3.05) is 11.1 Å². The molecule has 2 aromatic carbocycles. The van der Waals surface area contributed by atoms with Gasteiger partial charge in [-0.05, 0) is 51.0 Å². The lowest BCUT2D eigenvalue weighted by molar-refractivity contribution is -0.113. The fourth-order valence-corrected chi connectivity index (χ4v) is 4.27. The molecule has 31 heavy (non-hydrogen) atoms. The highest BCUT2D eigenvalue weighted by Crippen LogP contribution is 2.32. The Morgan fingerprint density at radius 1 is 1.19 bits per heavy atom. The molecular weight excluding hydrogens is 455 g/mol. The van der Waals surface area contributed by atoms with Crippen molar-refractivity contribution in [2.24, 2.45) is 0 Å². The number of rotatable bonds is 8. The number of hydrogen-bond donors (Lipinski definition) is 1. The van der Waals surface area contributed by atoms with E-state index in [4.69, 9.17) is 27.9 Å². The molecule has 3 rings (SSSR count). The molecule has 0 radical (unpaired) electrons. The second kappa shape index (κ2) is 10.4. The number of anilines is 1. The summed E-state index contributed by atoms with van der Waals surface area (Å²) in [5, 5.41) is 13.2. The number of hydrogen-bond acceptors (Lipinski definition) is 5. The van der Waals surface area contributed by atoms with Gasteiger partial charge in [-0.15, -0.1) is 10.2 Å². The van der Waals surface area contributed by atoms with Crippen molar-refractivity contribution in [3.05, 3.63) is 63.4 Å². The molecule has 0 saturated heterocycles. The van der Waals surface area contributed by atoms with Crippen LogP contribution < -0.4 is 10.1 Å². The van der Waals surface area contributed by atoms with Crippen molar-refractivity contribution in [1.82, 2.24) is 14.8 Å². The van der Waals surface area contributed by atoms with Crippen LogP contribution in [0.4, 0.5) is 5.69 Å². The molecule has 0 aliphatic carbocycles. The first-order chi connectivity index (χ1) is 14.8. The Balaban J connectivity index is 1.68. The first-order valence-electron chi connectivity index (χ1n) is 9.83. The van der Waals surface area contributed by atoms with Crippen LogP contribution in [0.25, 0.3) is 0 Å². The number of aromatic nitrogens is 3. The van der Waals surface area contributed by atoms with Gasteiger partial charge in [-0.2, -0.15) is 0 Å². The van der Waals surface area contributed by atoms with Gasteiger partial charge < -0.3 is 14.6 Å². The third-order valence-corrected chi connectivity index (χ3v) is 6.21. The van der Waals surface area contributed by atoms with Gasteiger partial charge in [0.25, 0.3) is 0 Å². The third-order valence-electron chi connectivity index (χ3n) is 4.70. The number of thioether (sulfide) groups is 1. The van der Waals surface area contributed by atoms with E-state index in [2.05, 4.69) is 15.5 Å². The minimum Gasteiger partial charge on any atom is -0.481 e. The minimum atomic E-state index is -0.402. The number of carbonyl (C=O) groups excluding carboxylic acids is 1. The summed E-state index contributed by atoms with van der Waals surface area (Å²) in [7, 11) is 0. The number of aryl methyl sites for hydroxylation is 2. The van der Waals surface area contributed by atoms with Gasteiger partial charge in [-0.25, -0.2) is 0 Å². The molecule has 0 bridgehead atoms. The smallest absolute Gasteiger partial charge is 0.234 e. The lowest BCUT2D eigenvalue weighted by atomic mass is 10.1. The Labute approximate surface area is 196 Å². The van der Waals surface area contributed by atoms with Gasteiger partial charge in [-0.1, -0.05) is 53.2 Å². The Hall–Kier alpha value is -2.22. The number of amides is 1. The van der Waals surface area contributed by atoms with E-state index in [-0.39, 0.29) is 11.7 Å². The van der Waals surface area contributed by atoms with Crippen LogP contribution in [0.1, 0.15) is 36.9 Å². The molecule has 0 aliphatic heterocycles. The Morgan fingerprint density at radius 2 is 1.90 bits per heavy atom. The number of ether oxygens (including phenoxy) is 1. The maximum atomic E-state index is 12.5. The number of nitrogens with one attached hydrogen (secondary N) is 1. The summed E-state index contributed by atoms with van der Waals surface area (Å²) in [6.07, 6.45) is -0.402. The Kier molecular flexibility index (Phi) is 7.86. The molecule has 164 valence electrons. The lowest BCUT2D eigenvalue weighted by Crippen LogP contribution is -2.16. The van der Waals surface area contributed by atoms with Gasteiger partial charge in [0.05, 0.1) is 10.8 Å². The number of benzene rings is 2. The number of carbonyl (C=O) groups is 1. The highest BCUT2D eigenvalue weighted by molar-refractivity contribution is 7.99. The Bertz CT molecular complexity index is 1070.